The molecule has 1 aliphatic rings. The molecule has 0 spiro atoms. The highest BCUT2D eigenvalue weighted by Crippen LogP contribution is 2.23. The Kier molecular flexibility index (Phi) is 2.05. The summed E-state index contributed by atoms with van der Waals surface area (Å²) in [6.45, 7) is 0. The number of allylic oxidation sites excluding steroid dienone is 2. The zero-order chi connectivity index (χ0) is 11.9. The molecule has 0 fully saturated rings. The number of fused-ring (bicyclic) bond motifs is 1. The Morgan fingerprint density at radius 1 is 1.06 bits per heavy atom. The van der Waals surface area contributed by atoms with Crippen LogP contribution in [0.1, 0.15) is 20.7 Å². The summed E-state index contributed by atoms with van der Waals surface area (Å²) in [7, 11) is 0. The van der Waals surface area contributed by atoms with Gasteiger partial charge in [0.25, 0.3) is 5.78 Å². The molecule has 0 unspecified atom stereocenters. The number of ketones is 2. The maximum atomic E-state index is 11.7. The molecule has 0 atom stereocenters. The monoisotopic (exact) mass is 218 g/mol. The fraction of sp³-hybridized carbons (Fsp3) is 0. The lowest BCUT2D eigenvalue weighted by atomic mass is 9.91. The molecule has 0 saturated heterocycles. The van der Waals surface area contributed by atoms with E-state index in [1.165, 1.54) is 18.2 Å². The molecule has 1 aromatic carbocycles. The van der Waals surface area contributed by atoms with Gasteiger partial charge in [0.15, 0.2) is 5.70 Å². The third kappa shape index (κ3) is 1.20. The van der Waals surface area contributed by atoms with E-state index in [-0.39, 0.29) is 11.1 Å². The third-order valence-corrected chi connectivity index (χ3v) is 2.31. The second kappa shape index (κ2) is 3.27. The first kappa shape index (κ1) is 10.0. The van der Waals surface area contributed by atoms with Crippen molar-refractivity contribution in [3.05, 3.63) is 56.9 Å². The lowest BCUT2D eigenvalue weighted by Gasteiger charge is -2.12. The Bertz CT molecular complexity index is 560. The largest absolute Gasteiger partial charge is 0.390 e. The summed E-state index contributed by atoms with van der Waals surface area (Å²) in [6.07, 6.45) is 0. The lowest BCUT2D eigenvalue weighted by Crippen LogP contribution is -2.29. The Balaban J connectivity index is 2.73. The number of nitrogens with zero attached hydrogens (tertiary/aromatic N) is 1. The van der Waals surface area contributed by atoms with Crippen LogP contribution in [0.5, 0.6) is 0 Å². The molecule has 0 radical (unpaired) electrons. The van der Waals surface area contributed by atoms with Gasteiger partial charge in [0.1, 0.15) is 0 Å². The van der Waals surface area contributed by atoms with Gasteiger partial charge in [-0.25, -0.2) is 0 Å². The standard InChI is InChI=1S/C10H6N2O4/c11-7-8(12(15)16)10(14)6-4-2-1-3-5(6)9(7)13/h1-4H,11H2. The van der Waals surface area contributed by atoms with Crippen LogP contribution in [0, 0.1) is 10.1 Å². The van der Waals surface area contributed by atoms with Gasteiger partial charge in [-0.2, -0.15) is 0 Å². The number of carbonyl (C=O) groups is 2. The van der Waals surface area contributed by atoms with Crippen LogP contribution in [0.25, 0.3) is 0 Å². The molecule has 16 heavy (non-hydrogen) atoms. The summed E-state index contributed by atoms with van der Waals surface area (Å²) in [5.41, 5.74) is 3.98. The zero-order valence-electron chi connectivity index (χ0n) is 7.97. The normalized spacial score (nSPS) is 15.0. The van der Waals surface area contributed by atoms with Gasteiger partial charge in [-0.1, -0.05) is 24.3 Å². The Morgan fingerprint density at radius 3 is 2.06 bits per heavy atom. The molecule has 80 valence electrons. The summed E-state index contributed by atoms with van der Waals surface area (Å²) < 4.78 is 0. The molecule has 6 nitrogen and oxygen atoms in total. The van der Waals surface area contributed by atoms with Gasteiger partial charge < -0.3 is 5.73 Å². The minimum atomic E-state index is -0.925. The maximum absolute atomic E-state index is 11.7. The number of Topliss-reactive ketones (excluding diaryl/α,β-unsaturated/α-hetero) is 2. The van der Waals surface area contributed by atoms with E-state index in [0.717, 1.165) is 0 Å². The molecule has 0 aromatic heterocycles. The summed E-state index contributed by atoms with van der Waals surface area (Å²) >= 11 is 0. The van der Waals surface area contributed by atoms with Crippen LogP contribution in [-0.4, -0.2) is 16.5 Å². The maximum Gasteiger partial charge on any atom is 0.343 e. The Hall–Kier alpha value is -2.50. The van der Waals surface area contributed by atoms with E-state index in [0.29, 0.717) is 0 Å². The minimum absolute atomic E-state index is 0.0217. The van der Waals surface area contributed by atoms with Crippen molar-refractivity contribution in [2.45, 2.75) is 0 Å². The van der Waals surface area contributed by atoms with Crippen LogP contribution in [0.3, 0.4) is 0 Å². The molecule has 1 aliphatic carbocycles. The van der Waals surface area contributed by atoms with Crippen molar-refractivity contribution >= 4 is 11.6 Å². The van der Waals surface area contributed by atoms with Crippen LogP contribution in [0.15, 0.2) is 35.7 Å². The number of carbonyl (C=O) groups excluding carboxylic acids is 2. The highest BCUT2D eigenvalue weighted by Gasteiger charge is 2.38. The molecule has 0 aliphatic heterocycles. The number of hydrogen-bond donors (Lipinski definition) is 1. The quantitative estimate of drug-likeness (QED) is 0.546. The number of benzene rings is 1. The fourth-order valence-electron chi connectivity index (χ4n) is 1.56. The fourth-order valence-corrected chi connectivity index (χ4v) is 1.56. The smallest absolute Gasteiger partial charge is 0.343 e. The summed E-state index contributed by atoms with van der Waals surface area (Å²) in [6, 6.07) is 5.88. The first-order valence-electron chi connectivity index (χ1n) is 4.36. The van der Waals surface area contributed by atoms with Crippen molar-refractivity contribution in [3.8, 4) is 0 Å². The number of nitrogens with two attached hydrogens (primary N) is 1. The molecule has 2 rings (SSSR count). The molecule has 0 bridgehead atoms. The van der Waals surface area contributed by atoms with Crippen molar-refractivity contribution in [2.24, 2.45) is 5.73 Å². The highest BCUT2D eigenvalue weighted by atomic mass is 16.6. The van der Waals surface area contributed by atoms with Gasteiger partial charge in [0.05, 0.1) is 4.92 Å². The van der Waals surface area contributed by atoms with Crippen molar-refractivity contribution in [3.63, 3.8) is 0 Å². The number of rotatable bonds is 1. The lowest BCUT2D eigenvalue weighted by molar-refractivity contribution is -0.417. The molecular formula is C10H6N2O4. The van der Waals surface area contributed by atoms with E-state index >= 15 is 0 Å². The van der Waals surface area contributed by atoms with Gasteiger partial charge in [-0.05, 0) is 0 Å². The van der Waals surface area contributed by atoms with Gasteiger partial charge >= 0.3 is 5.70 Å². The van der Waals surface area contributed by atoms with Gasteiger partial charge in [-0.15, -0.1) is 0 Å². The van der Waals surface area contributed by atoms with Crippen molar-refractivity contribution < 1.29 is 14.5 Å². The van der Waals surface area contributed by atoms with Crippen LogP contribution >= 0.6 is 0 Å². The molecule has 0 amide bonds. The van der Waals surface area contributed by atoms with E-state index in [9.17, 15) is 19.7 Å². The van der Waals surface area contributed by atoms with E-state index < -0.39 is 27.9 Å². The Labute approximate surface area is 89.5 Å². The van der Waals surface area contributed by atoms with E-state index in [4.69, 9.17) is 5.73 Å². The predicted molar refractivity (Wildman–Crippen MR) is 53.3 cm³/mol. The van der Waals surface area contributed by atoms with Crippen molar-refractivity contribution in [2.75, 3.05) is 0 Å². The van der Waals surface area contributed by atoms with Crippen molar-refractivity contribution in [1.82, 2.24) is 0 Å². The van der Waals surface area contributed by atoms with E-state index in [2.05, 4.69) is 0 Å². The van der Waals surface area contributed by atoms with Gasteiger partial charge in [-0.3, -0.25) is 19.7 Å². The molecule has 0 saturated carbocycles. The second-order valence-electron chi connectivity index (χ2n) is 3.22. The number of hydrogen-bond acceptors (Lipinski definition) is 5. The summed E-state index contributed by atoms with van der Waals surface area (Å²) in [5.74, 6) is -1.50. The molecule has 1 aromatic rings. The van der Waals surface area contributed by atoms with E-state index in [1.54, 1.807) is 6.07 Å². The SMILES string of the molecule is NC1=C([N+](=O)[O-])C(=O)c2ccccc2C1=O. The van der Waals surface area contributed by atoms with Crippen molar-refractivity contribution in [1.29, 1.82) is 0 Å². The molecule has 0 heterocycles. The predicted octanol–water partition coefficient (Wildman–Crippen LogP) is 0.513. The highest BCUT2D eigenvalue weighted by molar-refractivity contribution is 6.25. The Morgan fingerprint density at radius 2 is 1.56 bits per heavy atom. The van der Waals surface area contributed by atoms with Crippen LogP contribution in [0.2, 0.25) is 0 Å². The molecule has 6 heteroatoms. The second-order valence-corrected chi connectivity index (χ2v) is 3.22. The van der Waals surface area contributed by atoms with Gasteiger partial charge in [0, 0.05) is 11.1 Å². The average Bonchev–Trinajstić information content (AvgIpc) is 2.26. The van der Waals surface area contributed by atoms with E-state index in [1.807, 2.05) is 0 Å². The zero-order valence-corrected chi connectivity index (χ0v) is 7.97. The van der Waals surface area contributed by atoms with Crippen LogP contribution < -0.4 is 5.73 Å². The third-order valence-electron chi connectivity index (χ3n) is 2.31. The number of nitro groups is 1. The molecule has 2 N–H and O–H groups in total. The first-order chi connectivity index (χ1) is 7.54. The molecular weight excluding hydrogens is 212 g/mol. The summed E-state index contributed by atoms with van der Waals surface area (Å²) in [5, 5.41) is 10.6. The minimum Gasteiger partial charge on any atom is -0.390 e. The topological polar surface area (TPSA) is 103 Å². The average molecular weight is 218 g/mol. The van der Waals surface area contributed by atoms with Crippen LogP contribution in [0.4, 0.5) is 0 Å². The first-order valence-corrected chi connectivity index (χ1v) is 4.36. The van der Waals surface area contributed by atoms with Crippen LogP contribution in [-0.2, 0) is 0 Å². The van der Waals surface area contributed by atoms with Gasteiger partial charge in [0.2, 0.25) is 5.78 Å². The summed E-state index contributed by atoms with van der Waals surface area (Å²) in [4.78, 5) is 33.0.